The van der Waals surface area contributed by atoms with Gasteiger partial charge in [-0.15, -0.1) is 0 Å². The Bertz CT molecular complexity index is 1060. The molecule has 29 heavy (non-hydrogen) atoms. The largest absolute Gasteiger partial charge is 0.496 e. The van der Waals surface area contributed by atoms with Crippen molar-refractivity contribution < 1.29 is 19.1 Å². The van der Waals surface area contributed by atoms with Crippen molar-refractivity contribution in [3.63, 3.8) is 0 Å². The summed E-state index contributed by atoms with van der Waals surface area (Å²) in [5.74, 6) is 0.782. The zero-order valence-corrected chi connectivity index (χ0v) is 15.9. The molecule has 6 heteroatoms. The van der Waals surface area contributed by atoms with Crippen LogP contribution in [0.5, 0.6) is 11.5 Å². The van der Waals surface area contributed by atoms with E-state index in [0.29, 0.717) is 29.1 Å². The fraction of sp³-hybridized carbons (Fsp3) is 0.130. The normalized spacial score (nSPS) is 12.4. The van der Waals surface area contributed by atoms with E-state index in [-0.39, 0.29) is 18.4 Å². The van der Waals surface area contributed by atoms with Crippen LogP contribution in [0.4, 0.5) is 11.4 Å². The predicted molar refractivity (Wildman–Crippen MR) is 111 cm³/mol. The van der Waals surface area contributed by atoms with Gasteiger partial charge in [0.05, 0.1) is 12.8 Å². The van der Waals surface area contributed by atoms with Crippen molar-refractivity contribution >= 4 is 23.2 Å². The SMILES string of the molecule is COc1ccc(NC(=O)c2ccc3c(c2)OCC(=O)N3)cc1Cc1ccccc1. The third kappa shape index (κ3) is 4.21. The molecular weight excluding hydrogens is 368 g/mol. The average Bonchev–Trinajstić information content (AvgIpc) is 2.74. The second-order valence-electron chi connectivity index (χ2n) is 6.69. The number of nitrogens with one attached hydrogen (secondary N) is 2. The molecule has 2 N–H and O–H groups in total. The first-order valence-corrected chi connectivity index (χ1v) is 9.21. The molecule has 4 rings (SSSR count). The number of benzene rings is 3. The first-order chi connectivity index (χ1) is 14.1. The maximum atomic E-state index is 12.7. The fourth-order valence-electron chi connectivity index (χ4n) is 3.23. The van der Waals surface area contributed by atoms with Crippen molar-refractivity contribution in [2.45, 2.75) is 6.42 Å². The second-order valence-corrected chi connectivity index (χ2v) is 6.69. The number of anilines is 2. The number of carbonyl (C=O) groups excluding carboxylic acids is 2. The summed E-state index contributed by atoms with van der Waals surface area (Å²) < 4.78 is 10.9. The van der Waals surface area contributed by atoms with Gasteiger partial charge in [0, 0.05) is 23.2 Å². The smallest absolute Gasteiger partial charge is 0.262 e. The lowest BCUT2D eigenvalue weighted by molar-refractivity contribution is -0.118. The molecule has 0 bridgehead atoms. The van der Waals surface area contributed by atoms with Crippen molar-refractivity contribution in [3.8, 4) is 11.5 Å². The molecule has 1 aliphatic heterocycles. The number of amides is 2. The Morgan fingerprint density at radius 3 is 2.72 bits per heavy atom. The average molecular weight is 388 g/mol. The van der Waals surface area contributed by atoms with Crippen LogP contribution in [0, 0.1) is 0 Å². The summed E-state index contributed by atoms with van der Waals surface area (Å²) in [4.78, 5) is 24.1. The van der Waals surface area contributed by atoms with Gasteiger partial charge in [0.15, 0.2) is 6.61 Å². The van der Waals surface area contributed by atoms with Crippen LogP contribution < -0.4 is 20.1 Å². The van der Waals surface area contributed by atoms with Gasteiger partial charge < -0.3 is 20.1 Å². The summed E-state index contributed by atoms with van der Waals surface area (Å²) in [6.45, 7) is -0.0562. The number of fused-ring (bicyclic) bond motifs is 1. The number of carbonyl (C=O) groups is 2. The molecular formula is C23H20N2O4. The molecule has 0 spiro atoms. The summed E-state index contributed by atoms with van der Waals surface area (Å²) in [6, 6.07) is 20.6. The topological polar surface area (TPSA) is 76.7 Å². The van der Waals surface area contributed by atoms with Crippen molar-refractivity contribution in [1.82, 2.24) is 0 Å². The minimum absolute atomic E-state index is 0.0562. The maximum absolute atomic E-state index is 12.7. The molecule has 2 amide bonds. The Balaban J connectivity index is 1.54. The zero-order valence-electron chi connectivity index (χ0n) is 15.9. The number of rotatable bonds is 5. The fourth-order valence-corrected chi connectivity index (χ4v) is 3.23. The number of hydrogen-bond donors (Lipinski definition) is 2. The first-order valence-electron chi connectivity index (χ1n) is 9.21. The maximum Gasteiger partial charge on any atom is 0.262 e. The third-order valence-electron chi connectivity index (χ3n) is 4.65. The third-order valence-corrected chi connectivity index (χ3v) is 4.65. The van der Waals surface area contributed by atoms with Crippen LogP contribution in [0.15, 0.2) is 66.7 Å². The van der Waals surface area contributed by atoms with Crippen molar-refractivity contribution in [2.24, 2.45) is 0 Å². The van der Waals surface area contributed by atoms with E-state index < -0.39 is 0 Å². The van der Waals surface area contributed by atoms with Crippen molar-refractivity contribution in [3.05, 3.63) is 83.4 Å². The highest BCUT2D eigenvalue weighted by Crippen LogP contribution is 2.29. The van der Waals surface area contributed by atoms with E-state index in [9.17, 15) is 9.59 Å². The molecule has 3 aromatic rings. The van der Waals surface area contributed by atoms with Gasteiger partial charge in [-0.25, -0.2) is 0 Å². The molecule has 0 saturated carbocycles. The lowest BCUT2D eigenvalue weighted by atomic mass is 10.0. The van der Waals surface area contributed by atoms with Crippen molar-refractivity contribution in [2.75, 3.05) is 24.4 Å². The van der Waals surface area contributed by atoms with Gasteiger partial charge >= 0.3 is 0 Å². The number of hydrogen-bond acceptors (Lipinski definition) is 4. The highest BCUT2D eigenvalue weighted by Gasteiger charge is 2.18. The minimum Gasteiger partial charge on any atom is -0.496 e. The van der Waals surface area contributed by atoms with E-state index >= 15 is 0 Å². The van der Waals surface area contributed by atoms with Gasteiger partial charge in [-0.05, 0) is 42.0 Å². The van der Waals surface area contributed by atoms with E-state index in [1.54, 1.807) is 31.4 Å². The summed E-state index contributed by atoms with van der Waals surface area (Å²) in [6.07, 6.45) is 0.695. The summed E-state index contributed by atoms with van der Waals surface area (Å²) in [7, 11) is 1.63. The van der Waals surface area contributed by atoms with Crippen LogP contribution in [0.3, 0.4) is 0 Å². The Kier molecular flexibility index (Phi) is 5.16. The van der Waals surface area contributed by atoms with Crippen molar-refractivity contribution in [1.29, 1.82) is 0 Å². The molecule has 146 valence electrons. The Morgan fingerprint density at radius 1 is 1.10 bits per heavy atom. The summed E-state index contributed by atoms with van der Waals surface area (Å²) in [5.41, 5.74) is 3.82. The van der Waals surface area contributed by atoms with Crippen LogP contribution in [0.1, 0.15) is 21.5 Å². The lowest BCUT2D eigenvalue weighted by Gasteiger charge is -2.18. The molecule has 6 nitrogen and oxygen atoms in total. The standard InChI is InChI=1S/C23H20N2O4/c1-28-20-10-8-18(12-17(20)11-15-5-3-2-4-6-15)24-23(27)16-7-9-19-21(13-16)29-14-22(26)25-19/h2-10,12-13H,11,14H2,1H3,(H,24,27)(H,25,26). The molecule has 0 saturated heterocycles. The van der Waals surface area contributed by atoms with Gasteiger partial charge in [-0.3, -0.25) is 9.59 Å². The minimum atomic E-state index is -0.260. The lowest BCUT2D eigenvalue weighted by Crippen LogP contribution is -2.25. The van der Waals surface area contributed by atoms with Gasteiger partial charge in [0.1, 0.15) is 11.5 Å². The monoisotopic (exact) mass is 388 g/mol. The van der Waals surface area contributed by atoms with Gasteiger partial charge in [0.2, 0.25) is 0 Å². The molecule has 0 radical (unpaired) electrons. The molecule has 0 aliphatic carbocycles. The quantitative estimate of drug-likeness (QED) is 0.696. The van der Waals surface area contributed by atoms with Gasteiger partial charge in [-0.2, -0.15) is 0 Å². The first kappa shape index (κ1) is 18.6. The van der Waals surface area contributed by atoms with E-state index in [4.69, 9.17) is 9.47 Å². The van der Waals surface area contributed by atoms with E-state index in [0.717, 1.165) is 16.9 Å². The molecule has 0 unspecified atom stereocenters. The second kappa shape index (κ2) is 8.06. The number of methoxy groups -OCH3 is 1. The highest BCUT2D eigenvalue weighted by molar-refractivity contribution is 6.05. The van der Waals surface area contributed by atoms with Crippen LogP contribution in [0.2, 0.25) is 0 Å². The van der Waals surface area contributed by atoms with Gasteiger partial charge in [0.25, 0.3) is 11.8 Å². The molecule has 3 aromatic carbocycles. The van der Waals surface area contributed by atoms with E-state index in [2.05, 4.69) is 22.8 Å². The Hall–Kier alpha value is -3.80. The van der Waals surface area contributed by atoms with E-state index in [1.807, 2.05) is 30.3 Å². The molecule has 0 fully saturated rings. The summed E-state index contributed by atoms with van der Waals surface area (Å²) >= 11 is 0. The Morgan fingerprint density at radius 2 is 1.93 bits per heavy atom. The van der Waals surface area contributed by atoms with E-state index in [1.165, 1.54) is 0 Å². The predicted octanol–water partition coefficient (Wildman–Crippen LogP) is 3.87. The van der Waals surface area contributed by atoms with Crippen LogP contribution in [0.25, 0.3) is 0 Å². The van der Waals surface area contributed by atoms with Gasteiger partial charge in [-0.1, -0.05) is 30.3 Å². The number of ether oxygens (including phenoxy) is 2. The van der Waals surface area contributed by atoms with Crippen LogP contribution >= 0.6 is 0 Å². The highest BCUT2D eigenvalue weighted by atomic mass is 16.5. The summed E-state index contributed by atoms with van der Waals surface area (Å²) in [5, 5.41) is 5.62. The van der Waals surface area contributed by atoms with Crippen LogP contribution in [-0.4, -0.2) is 25.5 Å². The van der Waals surface area contributed by atoms with Crippen LogP contribution in [-0.2, 0) is 11.2 Å². The zero-order chi connectivity index (χ0) is 20.2. The molecule has 0 aromatic heterocycles. The Labute approximate surface area is 168 Å². The molecule has 1 heterocycles. The molecule has 1 aliphatic rings. The molecule has 0 atom stereocenters.